The van der Waals surface area contributed by atoms with E-state index in [2.05, 4.69) is 27.9 Å². The van der Waals surface area contributed by atoms with E-state index in [0.717, 1.165) is 56.3 Å². The smallest absolute Gasteiger partial charge is 0.255 e. The van der Waals surface area contributed by atoms with E-state index in [0.29, 0.717) is 10.6 Å². The van der Waals surface area contributed by atoms with Crippen LogP contribution in [0.2, 0.25) is 5.02 Å². The monoisotopic (exact) mass is 430 g/mol. The summed E-state index contributed by atoms with van der Waals surface area (Å²) in [6.45, 7) is 6.47. The Balaban J connectivity index is 1.83. The molecule has 30 heavy (non-hydrogen) atoms. The number of ether oxygens (including phenoxy) is 1. The summed E-state index contributed by atoms with van der Waals surface area (Å²) < 4.78 is 5.54. The first kappa shape index (κ1) is 22.2. The van der Waals surface area contributed by atoms with Crippen LogP contribution in [0.5, 0.6) is 5.75 Å². The molecule has 1 saturated heterocycles. The maximum atomic E-state index is 12.8. The second-order valence-electron chi connectivity index (χ2n) is 7.60. The van der Waals surface area contributed by atoms with Gasteiger partial charge in [-0.1, -0.05) is 30.7 Å². The molecule has 2 aromatic carbocycles. The molecule has 0 N–H and O–H groups in total. The van der Waals surface area contributed by atoms with Crippen LogP contribution in [0.3, 0.4) is 0 Å². The summed E-state index contributed by atoms with van der Waals surface area (Å²) in [5.41, 5.74) is 2.66. The van der Waals surface area contributed by atoms with Crippen LogP contribution >= 0.6 is 11.6 Å². The Labute approximate surface area is 184 Å². The van der Waals surface area contributed by atoms with Crippen LogP contribution in [-0.4, -0.2) is 69.7 Å². The topological polar surface area (TPSA) is 39.3 Å². The number of anilines is 2. The van der Waals surface area contributed by atoms with Gasteiger partial charge in [-0.05, 0) is 36.8 Å². The van der Waals surface area contributed by atoms with Gasteiger partial charge in [0.1, 0.15) is 5.75 Å². The van der Waals surface area contributed by atoms with Crippen molar-refractivity contribution in [3.05, 3.63) is 53.1 Å². The molecule has 0 atom stereocenters. The molecule has 0 radical (unpaired) electrons. The number of nitrogens with zero attached hydrogens (tertiary/aromatic N) is 4. The first-order chi connectivity index (χ1) is 14.5. The van der Waals surface area contributed by atoms with Crippen molar-refractivity contribution in [3.8, 4) is 5.75 Å². The lowest BCUT2D eigenvalue weighted by molar-refractivity contribution is 0.0827. The average Bonchev–Trinajstić information content (AvgIpc) is 2.77. The number of halogens is 1. The third-order valence-electron chi connectivity index (χ3n) is 5.33. The second kappa shape index (κ2) is 10.0. The van der Waals surface area contributed by atoms with Crippen molar-refractivity contribution in [1.82, 2.24) is 9.91 Å². The lowest BCUT2D eigenvalue weighted by Gasteiger charge is -2.43. The summed E-state index contributed by atoms with van der Waals surface area (Å²) in [4.78, 5) is 16.8. The highest BCUT2D eigenvalue weighted by Crippen LogP contribution is 2.31. The van der Waals surface area contributed by atoms with Crippen molar-refractivity contribution in [1.29, 1.82) is 0 Å². The van der Waals surface area contributed by atoms with Gasteiger partial charge < -0.3 is 19.5 Å². The van der Waals surface area contributed by atoms with E-state index in [9.17, 15) is 4.79 Å². The highest BCUT2D eigenvalue weighted by Gasteiger charge is 2.26. The number of carbonyl (C=O) groups is 1. The van der Waals surface area contributed by atoms with Gasteiger partial charge in [-0.2, -0.15) is 0 Å². The van der Waals surface area contributed by atoms with Crippen LogP contribution in [0.1, 0.15) is 23.7 Å². The normalized spacial score (nSPS) is 14.5. The molecule has 0 bridgehead atoms. The number of benzene rings is 2. The number of carbonyl (C=O) groups excluding carboxylic acids is 1. The molecule has 1 aliphatic heterocycles. The SMILES string of the molecule is CCCN(c1ccc(Cl)cc1C(=O)N(C)C)N1CCN(c2ccccc2OC)CC1. The molecule has 0 unspecified atom stereocenters. The predicted octanol–water partition coefficient (Wildman–Crippen LogP) is 4.00. The van der Waals surface area contributed by atoms with Crippen molar-refractivity contribution in [2.75, 3.05) is 63.8 Å². The van der Waals surface area contributed by atoms with Crippen LogP contribution < -0.4 is 14.6 Å². The summed E-state index contributed by atoms with van der Waals surface area (Å²) in [6.07, 6.45) is 0.977. The number of amides is 1. The minimum atomic E-state index is -0.0405. The number of para-hydroxylation sites is 2. The number of hydrazine groups is 1. The average molecular weight is 431 g/mol. The van der Waals surface area contributed by atoms with Crippen LogP contribution in [0.25, 0.3) is 0 Å². The Kier molecular flexibility index (Phi) is 7.45. The van der Waals surface area contributed by atoms with E-state index >= 15 is 0 Å². The fraction of sp³-hybridized carbons (Fsp3) is 0.435. The number of methoxy groups -OCH3 is 1. The Bertz CT molecular complexity index is 866. The van der Waals surface area contributed by atoms with E-state index in [1.54, 1.807) is 32.2 Å². The van der Waals surface area contributed by atoms with E-state index in [-0.39, 0.29) is 5.91 Å². The third kappa shape index (κ3) is 4.82. The van der Waals surface area contributed by atoms with Crippen molar-refractivity contribution in [3.63, 3.8) is 0 Å². The zero-order valence-corrected chi connectivity index (χ0v) is 19.0. The molecular weight excluding hydrogens is 400 g/mol. The molecule has 1 fully saturated rings. The van der Waals surface area contributed by atoms with Gasteiger partial charge in [0.05, 0.1) is 24.0 Å². The number of piperazine rings is 1. The van der Waals surface area contributed by atoms with Gasteiger partial charge in [0.2, 0.25) is 0 Å². The molecule has 1 aliphatic rings. The summed E-state index contributed by atoms with van der Waals surface area (Å²) in [5.74, 6) is 0.856. The number of rotatable bonds is 7. The van der Waals surface area contributed by atoms with E-state index in [1.165, 1.54) is 0 Å². The third-order valence-corrected chi connectivity index (χ3v) is 5.57. The Hall–Kier alpha value is -2.44. The molecule has 2 aromatic rings. The summed E-state index contributed by atoms with van der Waals surface area (Å²) in [6, 6.07) is 13.7. The van der Waals surface area contributed by atoms with Gasteiger partial charge in [-0.3, -0.25) is 4.79 Å². The van der Waals surface area contributed by atoms with Crippen LogP contribution in [0.15, 0.2) is 42.5 Å². The second-order valence-corrected chi connectivity index (χ2v) is 8.03. The van der Waals surface area contributed by atoms with Crippen LogP contribution in [0.4, 0.5) is 11.4 Å². The molecular formula is C23H31ClN4O2. The highest BCUT2D eigenvalue weighted by atomic mass is 35.5. The zero-order valence-electron chi connectivity index (χ0n) is 18.3. The van der Waals surface area contributed by atoms with Gasteiger partial charge >= 0.3 is 0 Å². The summed E-state index contributed by atoms with van der Waals surface area (Å²) >= 11 is 6.23. The van der Waals surface area contributed by atoms with Gasteiger partial charge in [0, 0.05) is 51.8 Å². The Morgan fingerprint density at radius 3 is 2.43 bits per heavy atom. The fourth-order valence-corrected chi connectivity index (χ4v) is 4.01. The molecule has 0 aromatic heterocycles. The molecule has 162 valence electrons. The standard InChI is InChI=1S/C23H31ClN4O2/c1-5-12-28(20-11-10-18(24)17-19(20)23(29)25(2)3)27-15-13-26(14-16-27)21-8-6-7-9-22(21)30-4/h6-11,17H,5,12-16H2,1-4H3. The van der Waals surface area contributed by atoms with Crippen LogP contribution in [0, 0.1) is 0 Å². The fourth-order valence-electron chi connectivity index (χ4n) is 3.84. The predicted molar refractivity (Wildman–Crippen MR) is 124 cm³/mol. The minimum Gasteiger partial charge on any atom is -0.495 e. The van der Waals surface area contributed by atoms with Crippen molar-refractivity contribution in [2.24, 2.45) is 0 Å². The molecule has 0 spiro atoms. The summed E-state index contributed by atoms with van der Waals surface area (Å²) in [7, 11) is 5.24. The minimum absolute atomic E-state index is 0.0405. The largest absolute Gasteiger partial charge is 0.495 e. The molecule has 0 aliphatic carbocycles. The van der Waals surface area contributed by atoms with E-state index in [1.807, 2.05) is 30.3 Å². The molecule has 6 nitrogen and oxygen atoms in total. The maximum Gasteiger partial charge on any atom is 0.255 e. The molecule has 1 heterocycles. The molecule has 0 saturated carbocycles. The summed E-state index contributed by atoms with van der Waals surface area (Å²) in [5, 5.41) is 5.15. The van der Waals surface area contributed by atoms with Crippen molar-refractivity contribution < 1.29 is 9.53 Å². The van der Waals surface area contributed by atoms with Crippen molar-refractivity contribution >= 4 is 28.9 Å². The first-order valence-electron chi connectivity index (χ1n) is 10.4. The van der Waals surface area contributed by atoms with Gasteiger partial charge in [0.25, 0.3) is 5.91 Å². The lowest BCUT2D eigenvalue weighted by atomic mass is 10.1. The number of hydrogen-bond acceptors (Lipinski definition) is 5. The van der Waals surface area contributed by atoms with E-state index < -0.39 is 0 Å². The van der Waals surface area contributed by atoms with Crippen molar-refractivity contribution in [2.45, 2.75) is 13.3 Å². The highest BCUT2D eigenvalue weighted by molar-refractivity contribution is 6.31. The molecule has 7 heteroatoms. The van der Waals surface area contributed by atoms with Gasteiger partial charge in [0.15, 0.2) is 0 Å². The molecule has 1 amide bonds. The Morgan fingerprint density at radius 1 is 1.10 bits per heavy atom. The molecule has 3 rings (SSSR count). The Morgan fingerprint density at radius 2 is 1.80 bits per heavy atom. The van der Waals surface area contributed by atoms with Gasteiger partial charge in [-0.25, -0.2) is 5.01 Å². The quantitative estimate of drug-likeness (QED) is 0.663. The lowest BCUT2D eigenvalue weighted by Crippen LogP contribution is -2.54. The van der Waals surface area contributed by atoms with E-state index in [4.69, 9.17) is 16.3 Å². The van der Waals surface area contributed by atoms with Crippen LogP contribution in [-0.2, 0) is 0 Å². The van der Waals surface area contributed by atoms with Gasteiger partial charge in [-0.15, -0.1) is 0 Å². The first-order valence-corrected chi connectivity index (χ1v) is 10.8. The maximum absolute atomic E-state index is 12.8. The number of hydrogen-bond donors (Lipinski definition) is 0. The zero-order chi connectivity index (χ0) is 21.7.